The molecule has 3 rings (SSSR count). The lowest BCUT2D eigenvalue weighted by molar-refractivity contribution is -0.121. The van der Waals surface area contributed by atoms with Crippen molar-refractivity contribution >= 4 is 26.0 Å². The number of hydrogen-bond acceptors (Lipinski definition) is 7. The zero-order valence-corrected chi connectivity index (χ0v) is 19.0. The van der Waals surface area contributed by atoms with Gasteiger partial charge in [-0.3, -0.25) is 4.79 Å². The Kier molecular flexibility index (Phi) is 7.39. The lowest BCUT2D eigenvalue weighted by atomic mass is 10.1. The van der Waals surface area contributed by atoms with Crippen LogP contribution in [0, 0.1) is 0 Å². The number of ether oxygens (including phenoxy) is 2. The first-order valence-corrected chi connectivity index (χ1v) is 12.9. The van der Waals surface area contributed by atoms with E-state index in [1.165, 1.54) is 24.3 Å². The maximum absolute atomic E-state index is 12.5. The average Bonchev–Trinajstić information content (AvgIpc) is 2.98. The summed E-state index contributed by atoms with van der Waals surface area (Å²) in [6.45, 7) is 2.57. The van der Waals surface area contributed by atoms with Crippen molar-refractivity contribution < 1.29 is 31.1 Å². The van der Waals surface area contributed by atoms with Crippen LogP contribution < -0.4 is 24.7 Å². The van der Waals surface area contributed by atoms with Crippen molar-refractivity contribution in [1.29, 1.82) is 0 Å². The Morgan fingerprint density at radius 2 is 1.62 bits per heavy atom. The molecule has 1 aliphatic heterocycles. The van der Waals surface area contributed by atoms with Crippen molar-refractivity contribution in [1.82, 2.24) is 10.0 Å². The molecular formula is C20H25N3O7S2. The van der Waals surface area contributed by atoms with Crippen molar-refractivity contribution in [2.24, 2.45) is 5.14 Å². The van der Waals surface area contributed by atoms with E-state index >= 15 is 0 Å². The van der Waals surface area contributed by atoms with E-state index < -0.39 is 26.1 Å². The van der Waals surface area contributed by atoms with Crippen LogP contribution in [0.15, 0.2) is 52.3 Å². The molecule has 2 aromatic rings. The average molecular weight is 484 g/mol. The molecule has 0 bridgehead atoms. The maximum atomic E-state index is 12.5. The molecule has 32 heavy (non-hydrogen) atoms. The van der Waals surface area contributed by atoms with Gasteiger partial charge in [-0.1, -0.05) is 12.1 Å². The van der Waals surface area contributed by atoms with Crippen LogP contribution in [-0.4, -0.2) is 42.5 Å². The number of rotatable bonds is 8. The Bertz CT molecular complexity index is 1180. The molecule has 4 N–H and O–H groups in total. The summed E-state index contributed by atoms with van der Waals surface area (Å²) in [6, 6.07) is 9.78. The minimum atomic E-state index is -3.83. The fraction of sp³-hybridized carbons (Fsp3) is 0.350. The molecule has 1 atom stereocenters. The lowest BCUT2D eigenvalue weighted by Gasteiger charge is -2.15. The highest BCUT2D eigenvalue weighted by molar-refractivity contribution is 7.89. The van der Waals surface area contributed by atoms with Crippen LogP contribution in [0.4, 0.5) is 0 Å². The number of carbonyl (C=O) groups excluding carboxylic acids is 1. The minimum absolute atomic E-state index is 0.0190. The molecular weight excluding hydrogens is 458 g/mol. The van der Waals surface area contributed by atoms with E-state index in [1.54, 1.807) is 25.1 Å². The van der Waals surface area contributed by atoms with E-state index in [1.807, 2.05) is 0 Å². The monoisotopic (exact) mass is 483 g/mol. The third-order valence-electron chi connectivity index (χ3n) is 4.76. The van der Waals surface area contributed by atoms with Gasteiger partial charge in [-0.15, -0.1) is 0 Å². The SMILES string of the molecule is CC(NC(=O)CCNS(=O)(=O)c1ccc2c(c1)OCCCO2)c1ccc(S(N)(=O)=O)cc1. The highest BCUT2D eigenvalue weighted by atomic mass is 32.2. The number of nitrogens with one attached hydrogen (secondary N) is 2. The highest BCUT2D eigenvalue weighted by Crippen LogP contribution is 2.31. The molecule has 0 spiro atoms. The van der Waals surface area contributed by atoms with Gasteiger partial charge in [-0.2, -0.15) is 0 Å². The number of fused-ring (bicyclic) bond motifs is 1. The van der Waals surface area contributed by atoms with Gasteiger partial charge < -0.3 is 14.8 Å². The van der Waals surface area contributed by atoms with Gasteiger partial charge in [0.05, 0.1) is 29.0 Å². The van der Waals surface area contributed by atoms with Gasteiger partial charge in [-0.25, -0.2) is 26.7 Å². The second-order valence-corrected chi connectivity index (χ2v) is 10.5. The smallest absolute Gasteiger partial charge is 0.240 e. The van der Waals surface area contributed by atoms with E-state index in [4.69, 9.17) is 14.6 Å². The second-order valence-electron chi connectivity index (χ2n) is 7.21. The van der Waals surface area contributed by atoms with E-state index in [-0.39, 0.29) is 28.7 Å². The molecule has 1 amide bonds. The third kappa shape index (κ3) is 6.19. The first kappa shape index (κ1) is 24.0. The summed E-state index contributed by atoms with van der Waals surface area (Å²) >= 11 is 0. The fourth-order valence-electron chi connectivity index (χ4n) is 3.04. The molecule has 0 aliphatic carbocycles. The Hall–Kier alpha value is -2.67. The summed E-state index contributed by atoms with van der Waals surface area (Å²) in [4.78, 5) is 12.2. The third-order valence-corrected chi connectivity index (χ3v) is 7.15. The Morgan fingerprint density at radius 1 is 1.00 bits per heavy atom. The lowest BCUT2D eigenvalue weighted by Crippen LogP contribution is -2.32. The molecule has 174 valence electrons. The summed E-state index contributed by atoms with van der Waals surface area (Å²) in [5.74, 6) is 0.492. The summed E-state index contributed by atoms with van der Waals surface area (Å²) in [5, 5.41) is 7.81. The van der Waals surface area contributed by atoms with Crippen LogP contribution in [-0.2, 0) is 24.8 Å². The molecule has 1 unspecified atom stereocenters. The summed E-state index contributed by atoms with van der Waals surface area (Å²) in [6.07, 6.45) is 0.627. The highest BCUT2D eigenvalue weighted by Gasteiger charge is 2.19. The Morgan fingerprint density at radius 3 is 2.28 bits per heavy atom. The van der Waals surface area contributed by atoms with Crippen LogP contribution in [0.3, 0.4) is 0 Å². The Labute approximate surface area is 187 Å². The Balaban J connectivity index is 1.53. The van der Waals surface area contributed by atoms with Gasteiger partial charge >= 0.3 is 0 Å². The molecule has 1 aliphatic rings. The molecule has 0 radical (unpaired) electrons. The standard InChI is InChI=1S/C20H25N3O7S2/c1-14(15-3-5-16(6-4-15)31(21,25)26)23-20(24)9-10-22-32(27,28)17-7-8-18-19(13-17)30-12-2-11-29-18/h3-8,13-14,22H,2,9-12H2,1H3,(H,23,24)(H2,21,25,26). The van der Waals surface area contributed by atoms with Gasteiger partial charge in [0.25, 0.3) is 0 Å². The number of sulfonamides is 2. The maximum Gasteiger partial charge on any atom is 0.240 e. The van der Waals surface area contributed by atoms with E-state index in [0.717, 1.165) is 0 Å². The number of hydrogen-bond donors (Lipinski definition) is 3. The quantitative estimate of drug-likeness (QED) is 0.507. The largest absolute Gasteiger partial charge is 0.490 e. The van der Waals surface area contributed by atoms with Crippen molar-refractivity contribution in [3.63, 3.8) is 0 Å². The fourth-order valence-corrected chi connectivity index (χ4v) is 4.60. The first-order chi connectivity index (χ1) is 15.1. The summed E-state index contributed by atoms with van der Waals surface area (Å²) < 4.78 is 61.1. The summed E-state index contributed by atoms with van der Waals surface area (Å²) in [7, 11) is -7.63. The number of amides is 1. The van der Waals surface area contributed by atoms with E-state index in [0.29, 0.717) is 36.7 Å². The van der Waals surface area contributed by atoms with Gasteiger partial charge in [0.15, 0.2) is 11.5 Å². The van der Waals surface area contributed by atoms with Crippen LogP contribution in [0.2, 0.25) is 0 Å². The van der Waals surface area contributed by atoms with Crippen LogP contribution in [0.25, 0.3) is 0 Å². The van der Waals surface area contributed by atoms with Gasteiger partial charge in [0.1, 0.15) is 0 Å². The van der Waals surface area contributed by atoms with E-state index in [9.17, 15) is 21.6 Å². The van der Waals surface area contributed by atoms with Crippen LogP contribution in [0.1, 0.15) is 31.4 Å². The molecule has 0 aromatic heterocycles. The number of nitrogens with two attached hydrogens (primary N) is 1. The van der Waals surface area contributed by atoms with Crippen molar-refractivity contribution in [3.8, 4) is 11.5 Å². The predicted octanol–water partition coefficient (Wildman–Crippen LogP) is 1.04. The molecule has 0 fully saturated rings. The topological polar surface area (TPSA) is 154 Å². The minimum Gasteiger partial charge on any atom is -0.490 e. The van der Waals surface area contributed by atoms with Crippen LogP contribution >= 0.6 is 0 Å². The molecule has 10 nitrogen and oxygen atoms in total. The molecule has 2 aromatic carbocycles. The normalized spacial score (nSPS) is 14.9. The zero-order chi connectivity index (χ0) is 23.4. The molecule has 0 saturated heterocycles. The number of primary sulfonamides is 1. The summed E-state index contributed by atoms with van der Waals surface area (Å²) in [5.41, 5.74) is 0.679. The molecule has 12 heteroatoms. The van der Waals surface area contributed by atoms with Gasteiger partial charge in [-0.05, 0) is 36.8 Å². The van der Waals surface area contributed by atoms with E-state index in [2.05, 4.69) is 10.0 Å². The molecule has 0 saturated carbocycles. The predicted molar refractivity (Wildman–Crippen MR) is 116 cm³/mol. The first-order valence-electron chi connectivity index (χ1n) is 9.88. The molecule has 1 heterocycles. The van der Waals surface area contributed by atoms with Gasteiger partial charge in [0.2, 0.25) is 26.0 Å². The number of benzene rings is 2. The second kappa shape index (κ2) is 9.86. The zero-order valence-electron chi connectivity index (χ0n) is 17.4. The van der Waals surface area contributed by atoms with Gasteiger partial charge in [0, 0.05) is 25.5 Å². The van der Waals surface area contributed by atoms with Crippen molar-refractivity contribution in [3.05, 3.63) is 48.0 Å². The van der Waals surface area contributed by atoms with Crippen molar-refractivity contribution in [2.75, 3.05) is 19.8 Å². The van der Waals surface area contributed by atoms with Crippen molar-refractivity contribution in [2.45, 2.75) is 35.6 Å². The van der Waals surface area contributed by atoms with Crippen LogP contribution in [0.5, 0.6) is 11.5 Å². The number of carbonyl (C=O) groups is 1.